The van der Waals surface area contributed by atoms with Crippen LogP contribution in [0.5, 0.6) is 5.75 Å². The number of aromatic nitrogens is 1. The Balaban J connectivity index is 1.43. The van der Waals surface area contributed by atoms with E-state index in [-0.39, 0.29) is 5.91 Å². The number of hydrazone groups is 1. The Kier molecular flexibility index (Phi) is 5.64. The van der Waals surface area contributed by atoms with Gasteiger partial charge in [0.25, 0.3) is 5.91 Å². The molecule has 32 heavy (non-hydrogen) atoms. The number of amides is 1. The first-order valence-corrected chi connectivity index (χ1v) is 11.6. The third-order valence-electron chi connectivity index (χ3n) is 7.03. The molecule has 2 bridgehead atoms. The highest BCUT2D eigenvalue weighted by atomic mass is 16.5. The predicted octanol–water partition coefficient (Wildman–Crippen LogP) is 5.84. The molecule has 0 saturated heterocycles. The highest BCUT2D eigenvalue weighted by Gasteiger charge is 2.40. The number of carbonyl (C=O) groups excluding carboxylic acids is 1. The van der Waals surface area contributed by atoms with Crippen LogP contribution in [0.3, 0.4) is 0 Å². The van der Waals surface area contributed by atoms with Gasteiger partial charge in [0, 0.05) is 22.6 Å². The van der Waals surface area contributed by atoms with Gasteiger partial charge in [0.15, 0.2) is 0 Å². The number of fused-ring (bicyclic) bond motifs is 3. The molecule has 1 N–H and O–H groups in total. The molecule has 164 valence electrons. The summed E-state index contributed by atoms with van der Waals surface area (Å²) in [6.45, 7) is 4.65. The Bertz CT molecular complexity index is 1170. The number of pyridine rings is 1. The van der Waals surface area contributed by atoms with Crippen molar-refractivity contribution in [2.75, 3.05) is 6.61 Å². The second kappa shape index (κ2) is 8.73. The molecule has 5 nitrogen and oxygen atoms in total. The Hall–Kier alpha value is -3.21. The Morgan fingerprint density at radius 1 is 1.12 bits per heavy atom. The lowest BCUT2D eigenvalue weighted by Gasteiger charge is -2.21. The standard InChI is InChI=1S/C27H29N3O2/c1-3-32-21-12-10-19(11-13-21)26-16-24(22-6-4-5-7-25(22)28-26)27(31)30-29-17(2)23-15-18-8-9-20(23)14-18/h4-7,10-13,16,18,20,23H,3,8-9,14-15H2,1-2H3,(H,30,31)/b29-17-/t18-,20-,23+/m0/s1. The van der Waals surface area contributed by atoms with E-state index >= 15 is 0 Å². The van der Waals surface area contributed by atoms with Gasteiger partial charge in [-0.3, -0.25) is 4.79 Å². The summed E-state index contributed by atoms with van der Waals surface area (Å²) in [7, 11) is 0. The van der Waals surface area contributed by atoms with Gasteiger partial charge >= 0.3 is 0 Å². The fourth-order valence-corrected chi connectivity index (χ4v) is 5.44. The minimum Gasteiger partial charge on any atom is -0.494 e. The monoisotopic (exact) mass is 427 g/mol. The maximum atomic E-state index is 13.2. The van der Waals surface area contributed by atoms with E-state index in [1.54, 1.807) is 0 Å². The van der Waals surface area contributed by atoms with E-state index in [1.807, 2.05) is 61.5 Å². The molecule has 2 aliphatic rings. The number of nitrogens with one attached hydrogen (secondary N) is 1. The maximum absolute atomic E-state index is 13.2. The summed E-state index contributed by atoms with van der Waals surface area (Å²) in [6.07, 6.45) is 5.20. The van der Waals surface area contributed by atoms with Crippen molar-refractivity contribution in [1.29, 1.82) is 0 Å². The summed E-state index contributed by atoms with van der Waals surface area (Å²) in [4.78, 5) is 18.0. The van der Waals surface area contributed by atoms with Crippen LogP contribution < -0.4 is 10.2 Å². The van der Waals surface area contributed by atoms with Crippen molar-refractivity contribution >= 4 is 22.5 Å². The smallest absolute Gasteiger partial charge is 0.272 e. The van der Waals surface area contributed by atoms with Crippen LogP contribution in [-0.2, 0) is 0 Å². The van der Waals surface area contributed by atoms with Crippen LogP contribution in [0, 0.1) is 17.8 Å². The topological polar surface area (TPSA) is 63.6 Å². The molecule has 3 atom stereocenters. The van der Waals surface area contributed by atoms with Gasteiger partial charge in [-0.05, 0) is 81.3 Å². The van der Waals surface area contributed by atoms with E-state index in [0.29, 0.717) is 18.1 Å². The van der Waals surface area contributed by atoms with Crippen molar-refractivity contribution in [1.82, 2.24) is 10.4 Å². The highest BCUT2D eigenvalue weighted by Crippen LogP contribution is 2.48. The van der Waals surface area contributed by atoms with Gasteiger partial charge in [-0.1, -0.05) is 24.6 Å². The van der Waals surface area contributed by atoms with E-state index in [2.05, 4.69) is 17.5 Å². The first kappa shape index (κ1) is 20.7. The van der Waals surface area contributed by atoms with Gasteiger partial charge in [-0.15, -0.1) is 0 Å². The molecule has 0 spiro atoms. The molecular formula is C27H29N3O2. The van der Waals surface area contributed by atoms with Crippen LogP contribution in [0.25, 0.3) is 22.2 Å². The lowest BCUT2D eigenvalue weighted by Crippen LogP contribution is -2.24. The molecular weight excluding hydrogens is 398 g/mol. The Morgan fingerprint density at radius 2 is 1.94 bits per heavy atom. The number of ether oxygens (including phenoxy) is 1. The molecule has 0 unspecified atom stereocenters. The molecule has 1 heterocycles. The molecule has 2 aliphatic carbocycles. The van der Waals surface area contributed by atoms with E-state index in [0.717, 1.165) is 45.5 Å². The van der Waals surface area contributed by atoms with E-state index in [9.17, 15) is 4.79 Å². The van der Waals surface area contributed by atoms with Gasteiger partial charge in [0.2, 0.25) is 0 Å². The quantitative estimate of drug-likeness (QED) is 0.397. The molecule has 2 aromatic carbocycles. The summed E-state index contributed by atoms with van der Waals surface area (Å²) in [5.74, 6) is 2.74. The minimum atomic E-state index is -0.196. The Morgan fingerprint density at radius 3 is 2.66 bits per heavy atom. The van der Waals surface area contributed by atoms with Crippen molar-refractivity contribution < 1.29 is 9.53 Å². The van der Waals surface area contributed by atoms with Crippen molar-refractivity contribution in [3.8, 4) is 17.0 Å². The van der Waals surface area contributed by atoms with Crippen molar-refractivity contribution in [2.45, 2.75) is 39.5 Å². The number of hydrogen-bond donors (Lipinski definition) is 1. The SMILES string of the molecule is CCOc1ccc(-c2cc(C(=O)N/N=C(/C)[C@H]3C[C@H]4CC[C@H]3C4)c3ccccc3n2)cc1. The molecule has 2 fully saturated rings. The third-order valence-corrected chi connectivity index (χ3v) is 7.03. The summed E-state index contributed by atoms with van der Waals surface area (Å²) in [6, 6.07) is 17.4. The van der Waals surface area contributed by atoms with E-state index in [4.69, 9.17) is 9.72 Å². The predicted molar refractivity (Wildman–Crippen MR) is 128 cm³/mol. The molecule has 3 aromatic rings. The third kappa shape index (κ3) is 3.99. The lowest BCUT2D eigenvalue weighted by atomic mass is 9.86. The van der Waals surface area contributed by atoms with Crippen LogP contribution in [0.2, 0.25) is 0 Å². The molecule has 2 saturated carbocycles. The number of carbonyl (C=O) groups is 1. The molecule has 5 rings (SSSR count). The fourth-order valence-electron chi connectivity index (χ4n) is 5.44. The zero-order valence-corrected chi connectivity index (χ0v) is 18.7. The zero-order valence-electron chi connectivity index (χ0n) is 18.7. The van der Waals surface area contributed by atoms with Crippen molar-refractivity contribution in [3.05, 3.63) is 60.2 Å². The van der Waals surface area contributed by atoms with Crippen molar-refractivity contribution in [2.24, 2.45) is 22.9 Å². The van der Waals surface area contributed by atoms with Crippen LogP contribution >= 0.6 is 0 Å². The zero-order chi connectivity index (χ0) is 22.1. The molecule has 0 aliphatic heterocycles. The first-order chi connectivity index (χ1) is 15.6. The average Bonchev–Trinajstić information content (AvgIpc) is 3.46. The average molecular weight is 428 g/mol. The van der Waals surface area contributed by atoms with Gasteiger partial charge in [0.1, 0.15) is 5.75 Å². The second-order valence-corrected chi connectivity index (χ2v) is 9.01. The molecule has 5 heteroatoms. The largest absolute Gasteiger partial charge is 0.494 e. The van der Waals surface area contributed by atoms with Gasteiger partial charge in [0.05, 0.1) is 23.4 Å². The van der Waals surface area contributed by atoms with Gasteiger partial charge in [-0.2, -0.15) is 5.10 Å². The first-order valence-electron chi connectivity index (χ1n) is 11.6. The van der Waals surface area contributed by atoms with Crippen molar-refractivity contribution in [3.63, 3.8) is 0 Å². The minimum absolute atomic E-state index is 0.196. The summed E-state index contributed by atoms with van der Waals surface area (Å²) >= 11 is 0. The molecule has 1 aromatic heterocycles. The normalized spacial score (nSPS) is 22.3. The fraction of sp³-hybridized carbons (Fsp3) is 0.370. The second-order valence-electron chi connectivity index (χ2n) is 9.01. The number of benzene rings is 2. The summed E-state index contributed by atoms with van der Waals surface area (Å²) < 4.78 is 5.54. The van der Waals surface area contributed by atoms with E-state index in [1.165, 1.54) is 25.7 Å². The number of nitrogens with zero attached hydrogens (tertiary/aromatic N) is 2. The summed E-state index contributed by atoms with van der Waals surface area (Å²) in [5.41, 5.74) is 6.96. The van der Waals surface area contributed by atoms with Gasteiger partial charge in [-0.25, -0.2) is 10.4 Å². The number of para-hydroxylation sites is 1. The van der Waals surface area contributed by atoms with Crippen LogP contribution in [-0.4, -0.2) is 23.2 Å². The van der Waals surface area contributed by atoms with Crippen LogP contribution in [0.15, 0.2) is 59.7 Å². The number of hydrogen-bond acceptors (Lipinski definition) is 4. The van der Waals surface area contributed by atoms with E-state index < -0.39 is 0 Å². The van der Waals surface area contributed by atoms with Gasteiger partial charge < -0.3 is 4.74 Å². The molecule has 1 amide bonds. The maximum Gasteiger partial charge on any atom is 0.272 e. The number of rotatable bonds is 6. The summed E-state index contributed by atoms with van der Waals surface area (Å²) in [5, 5.41) is 5.35. The Labute approximate surface area is 188 Å². The lowest BCUT2D eigenvalue weighted by molar-refractivity contribution is 0.0956. The van der Waals surface area contributed by atoms with Crippen LogP contribution in [0.1, 0.15) is 49.9 Å². The van der Waals surface area contributed by atoms with Crippen LogP contribution in [0.4, 0.5) is 0 Å². The highest BCUT2D eigenvalue weighted by molar-refractivity contribution is 6.07. The molecule has 0 radical (unpaired) electrons.